The number of halogens is 2. The molecule has 0 bridgehead atoms. The van der Waals surface area contributed by atoms with Crippen LogP contribution in [0.5, 0.6) is 0 Å². The van der Waals surface area contributed by atoms with Crippen molar-refractivity contribution >= 4 is 85.4 Å². The van der Waals surface area contributed by atoms with E-state index in [4.69, 9.17) is 31.0 Å². The van der Waals surface area contributed by atoms with Crippen LogP contribution in [0.3, 0.4) is 0 Å². The van der Waals surface area contributed by atoms with Crippen molar-refractivity contribution in [1.29, 1.82) is 5.26 Å². The van der Waals surface area contributed by atoms with Crippen LogP contribution >= 0.6 is 31.9 Å². The molecule has 23 nitrogen and oxygen atoms in total. The van der Waals surface area contributed by atoms with Crippen LogP contribution in [0.15, 0.2) is 101 Å². The Labute approximate surface area is 541 Å². The minimum atomic E-state index is -0.270. The van der Waals surface area contributed by atoms with Crippen molar-refractivity contribution in [3.05, 3.63) is 113 Å². The maximum Gasteiger partial charge on any atom is 0.497 e. The SMILES string of the molecule is C.CC1OB(c2cnn(C)c2)OC1(C)C.Cc1ccc(Br)cn1.Cn1cc(-c2cnc(N)nc2NCC2CCCCC2)cn1.Cn1cc(-c2cnc(Nc3ccc(C#N)nc3)nc2NCC2CCCCC2)cn1.Nc1ncc(Br)c(NCC2CCCCC2)n1. The van der Waals surface area contributed by atoms with Crippen LogP contribution < -0.4 is 38.2 Å². The third kappa shape index (κ3) is 21.8. The monoisotopic (exact) mass is 1340 g/mol. The molecule has 8 N–H and O–H groups in total. The predicted molar refractivity (Wildman–Crippen MR) is 362 cm³/mol. The highest BCUT2D eigenvalue weighted by molar-refractivity contribution is 9.10. The van der Waals surface area contributed by atoms with E-state index in [9.17, 15) is 0 Å². The number of nitrogens with one attached hydrogen (secondary N) is 4. The summed E-state index contributed by atoms with van der Waals surface area (Å²) in [5, 5.41) is 35.0. The number of aryl methyl sites for hydroxylation is 4. The number of aromatic nitrogens is 14. The van der Waals surface area contributed by atoms with Crippen LogP contribution in [-0.4, -0.2) is 108 Å². The zero-order chi connectivity index (χ0) is 62.4. The molecule has 474 valence electrons. The van der Waals surface area contributed by atoms with Crippen LogP contribution in [0.1, 0.15) is 136 Å². The molecule has 4 fully saturated rings. The summed E-state index contributed by atoms with van der Waals surface area (Å²) in [5.74, 6) is 5.69. The molecule has 9 heterocycles. The average Bonchev–Trinajstić information content (AvgIpc) is 2.68. The maximum atomic E-state index is 8.89. The van der Waals surface area contributed by atoms with Gasteiger partial charge in [0.1, 0.15) is 29.2 Å². The summed E-state index contributed by atoms with van der Waals surface area (Å²) in [6, 6.07) is 9.40. The lowest BCUT2D eigenvalue weighted by atomic mass is 9.82. The van der Waals surface area contributed by atoms with E-state index in [1.165, 1.54) is 96.3 Å². The van der Waals surface area contributed by atoms with Gasteiger partial charge in [0.05, 0.1) is 40.5 Å². The van der Waals surface area contributed by atoms with Gasteiger partial charge in [-0.2, -0.15) is 35.5 Å². The molecule has 0 spiro atoms. The van der Waals surface area contributed by atoms with Gasteiger partial charge in [-0.1, -0.05) is 65.2 Å². The molecule has 4 aliphatic rings. The van der Waals surface area contributed by atoms with Gasteiger partial charge in [0, 0.05) is 128 Å². The molecule has 8 aromatic rings. The molecular formula is C63H88BBr2N21O2. The van der Waals surface area contributed by atoms with Crippen LogP contribution in [0.4, 0.5) is 41.0 Å². The molecule has 3 aliphatic carbocycles. The third-order valence-corrected chi connectivity index (χ3v) is 17.0. The number of hydrogen-bond acceptors (Lipinski definition) is 20. The van der Waals surface area contributed by atoms with E-state index >= 15 is 0 Å². The lowest BCUT2D eigenvalue weighted by Crippen LogP contribution is -2.34. The molecule has 89 heavy (non-hydrogen) atoms. The van der Waals surface area contributed by atoms with Gasteiger partial charge in [-0.25, -0.2) is 19.9 Å². The Kier molecular flexibility index (Phi) is 26.6. The minimum absolute atomic E-state index is 0. The fourth-order valence-electron chi connectivity index (χ4n) is 10.6. The number of nitrogens with zero attached hydrogens (tertiary/aromatic N) is 15. The molecule has 1 atom stereocenters. The summed E-state index contributed by atoms with van der Waals surface area (Å²) in [6.45, 7) is 10.9. The number of nitrogens with two attached hydrogens (primary N) is 2. The van der Waals surface area contributed by atoms with Crippen molar-refractivity contribution in [1.82, 2.24) is 69.2 Å². The number of nitriles is 1. The van der Waals surface area contributed by atoms with E-state index in [0.29, 0.717) is 29.5 Å². The predicted octanol–water partition coefficient (Wildman–Crippen LogP) is 12.3. The standard InChI is InChI=1S/C21H24N8.C15H22N6.C11H17BrN4.C9H15BN2O2.C6H6BrN.CH4/c1-29-14-16(11-26-29)19-13-25-21(27-18-8-7-17(9-22)23-12-18)28-20(19)24-10-15-5-3-2-4-6-15;1-21-10-12(8-19-21)13-9-18-15(16)20-14(13)17-7-11-5-3-2-4-6-11;12-9-7-15-11(13)16-10(9)14-6-8-4-2-1-3-5-8;1-7-9(2,3)14-10(13-7)8-5-11-12(4)6-8;1-5-2-3-6(7)4-8-5;/h7-8,11-15H,2-6,10H2,1H3,(H2,24,25,27,28);8-11H,2-7H2,1H3,(H3,16,17,18,20);7-8H,1-6H2,(H3,13,14,15,16);5-7H,1-4H3;2-4H,1H3;1H4. The van der Waals surface area contributed by atoms with Gasteiger partial charge in [0.2, 0.25) is 17.8 Å². The minimum Gasteiger partial charge on any atom is -0.402 e. The van der Waals surface area contributed by atoms with Gasteiger partial charge in [-0.15, -0.1) is 0 Å². The molecule has 1 saturated heterocycles. The van der Waals surface area contributed by atoms with Crippen molar-refractivity contribution < 1.29 is 9.31 Å². The molecule has 0 amide bonds. The third-order valence-electron chi connectivity index (χ3n) is 16.0. The molecule has 1 aliphatic heterocycles. The summed E-state index contributed by atoms with van der Waals surface area (Å²) in [6.07, 6.45) is 39.9. The Morgan fingerprint density at radius 1 is 0.607 bits per heavy atom. The Bertz CT molecular complexity index is 3430. The normalized spacial score (nSPS) is 16.4. The van der Waals surface area contributed by atoms with Gasteiger partial charge in [-0.3, -0.25) is 19.0 Å². The molecular weight excluding hydrogens is 1250 g/mol. The Morgan fingerprint density at radius 3 is 1.56 bits per heavy atom. The zero-order valence-corrected chi connectivity index (χ0v) is 54.9. The number of nitrogen functional groups attached to an aromatic ring is 2. The van der Waals surface area contributed by atoms with Crippen LogP contribution in [-0.2, 0) is 30.5 Å². The summed E-state index contributed by atoms with van der Waals surface area (Å²) in [7, 11) is 5.41. The topological polar surface area (TPSA) is 299 Å². The van der Waals surface area contributed by atoms with Crippen molar-refractivity contribution in [2.75, 3.05) is 52.4 Å². The second kappa shape index (κ2) is 34.4. The van der Waals surface area contributed by atoms with E-state index in [1.54, 1.807) is 57.2 Å². The van der Waals surface area contributed by atoms with Crippen molar-refractivity contribution in [3.63, 3.8) is 0 Å². The van der Waals surface area contributed by atoms with E-state index in [0.717, 1.165) is 97.0 Å². The lowest BCUT2D eigenvalue weighted by Gasteiger charge is -2.22. The van der Waals surface area contributed by atoms with Gasteiger partial charge >= 0.3 is 7.12 Å². The van der Waals surface area contributed by atoms with E-state index in [2.05, 4.69) is 103 Å². The molecule has 3 saturated carbocycles. The second-order valence-corrected chi connectivity index (χ2v) is 25.2. The van der Waals surface area contributed by atoms with Crippen molar-refractivity contribution in [2.24, 2.45) is 38.9 Å². The smallest absolute Gasteiger partial charge is 0.402 e. The Balaban J connectivity index is 0.000000167. The van der Waals surface area contributed by atoms with Crippen LogP contribution in [0, 0.1) is 36.0 Å². The summed E-state index contributed by atoms with van der Waals surface area (Å²) in [5.41, 5.74) is 18.1. The van der Waals surface area contributed by atoms with Gasteiger partial charge in [0.15, 0.2) is 0 Å². The van der Waals surface area contributed by atoms with Crippen LogP contribution in [0.25, 0.3) is 22.3 Å². The number of hydrogen-bond donors (Lipinski definition) is 6. The zero-order valence-electron chi connectivity index (χ0n) is 51.7. The van der Waals surface area contributed by atoms with Gasteiger partial charge in [-0.05, 0) is 140 Å². The highest BCUT2D eigenvalue weighted by atomic mass is 79.9. The van der Waals surface area contributed by atoms with Crippen LogP contribution in [0.2, 0.25) is 0 Å². The molecule has 1 unspecified atom stereocenters. The van der Waals surface area contributed by atoms with E-state index < -0.39 is 0 Å². The van der Waals surface area contributed by atoms with E-state index in [1.807, 2.05) is 104 Å². The molecule has 0 radical (unpaired) electrons. The second-order valence-electron chi connectivity index (χ2n) is 23.4. The average molecular weight is 1340 g/mol. The first-order chi connectivity index (χ1) is 42.5. The fourth-order valence-corrected chi connectivity index (χ4v) is 11.2. The molecule has 0 aromatic carbocycles. The molecule has 12 rings (SSSR count). The number of rotatable bonds is 14. The van der Waals surface area contributed by atoms with Gasteiger partial charge in [0.25, 0.3) is 0 Å². The van der Waals surface area contributed by atoms with Crippen molar-refractivity contribution in [3.8, 4) is 28.3 Å². The van der Waals surface area contributed by atoms with Crippen molar-refractivity contribution in [2.45, 2.75) is 143 Å². The first kappa shape index (κ1) is 68.9. The highest BCUT2D eigenvalue weighted by Crippen LogP contribution is 2.32. The maximum absolute atomic E-state index is 8.89. The molecule has 8 aromatic heterocycles. The summed E-state index contributed by atoms with van der Waals surface area (Å²) >= 11 is 6.70. The summed E-state index contributed by atoms with van der Waals surface area (Å²) in [4.78, 5) is 33.8. The number of pyridine rings is 2. The highest BCUT2D eigenvalue weighted by Gasteiger charge is 2.44. The Morgan fingerprint density at radius 2 is 1.11 bits per heavy atom. The fraction of sp³-hybridized carbons (Fsp3) is 0.492. The lowest BCUT2D eigenvalue weighted by molar-refractivity contribution is 0.0842. The number of anilines is 7. The Hall–Kier alpha value is -7.60. The first-order valence-corrected chi connectivity index (χ1v) is 32.1. The first-order valence-electron chi connectivity index (χ1n) is 30.5. The quantitative estimate of drug-likeness (QED) is 0.0551. The molecule has 26 heteroatoms. The summed E-state index contributed by atoms with van der Waals surface area (Å²) < 4.78 is 18.7. The van der Waals surface area contributed by atoms with E-state index in [-0.39, 0.29) is 26.3 Å². The van der Waals surface area contributed by atoms with Gasteiger partial charge < -0.3 is 42.0 Å². The largest absolute Gasteiger partial charge is 0.497 e.